The van der Waals surface area contributed by atoms with Crippen LogP contribution in [0.25, 0.3) is 0 Å². The average Bonchev–Trinajstić information content (AvgIpc) is 3.15. The van der Waals surface area contributed by atoms with E-state index in [9.17, 15) is 9.59 Å². The number of nitrogens with zero attached hydrogens (tertiary/aromatic N) is 1. The first kappa shape index (κ1) is 15.5. The number of carbonyl (C=O) groups excluding carboxylic acids is 2. The van der Waals surface area contributed by atoms with Crippen molar-refractivity contribution in [2.75, 3.05) is 26.2 Å². The summed E-state index contributed by atoms with van der Waals surface area (Å²) in [5.74, 6) is 1.28. The van der Waals surface area contributed by atoms with E-state index in [-0.39, 0.29) is 11.8 Å². The van der Waals surface area contributed by atoms with Gasteiger partial charge in [0.2, 0.25) is 5.91 Å². The Kier molecular flexibility index (Phi) is 4.78. The van der Waals surface area contributed by atoms with Crippen LogP contribution in [0.4, 0.5) is 0 Å². The zero-order chi connectivity index (χ0) is 15.5. The highest BCUT2D eigenvalue weighted by atomic mass is 32.1. The van der Waals surface area contributed by atoms with E-state index in [2.05, 4.69) is 10.6 Å². The predicted octanol–water partition coefficient (Wildman–Crippen LogP) is 1.32. The van der Waals surface area contributed by atoms with Crippen molar-refractivity contribution >= 4 is 23.2 Å². The Bertz CT molecular complexity index is 518. The Hall–Kier alpha value is -1.40. The summed E-state index contributed by atoms with van der Waals surface area (Å²) in [6, 6.07) is 3.15. The van der Waals surface area contributed by atoms with E-state index in [1.807, 2.05) is 16.3 Å². The van der Waals surface area contributed by atoms with Gasteiger partial charge in [-0.1, -0.05) is 6.07 Å². The van der Waals surface area contributed by atoms with Gasteiger partial charge in [0, 0.05) is 13.1 Å². The van der Waals surface area contributed by atoms with Gasteiger partial charge >= 0.3 is 0 Å². The molecule has 0 bridgehead atoms. The molecular formula is C16H23N3O2S. The lowest BCUT2D eigenvalue weighted by Crippen LogP contribution is -2.47. The highest BCUT2D eigenvalue weighted by Crippen LogP contribution is 2.27. The highest BCUT2D eigenvalue weighted by molar-refractivity contribution is 7.12. The highest BCUT2D eigenvalue weighted by Gasteiger charge is 2.32. The SMILES string of the molecule is CC(NC(=O)c1cccs1)C(=O)N1CC[C@@H]2CNC[C@@H]2CC1. The van der Waals surface area contributed by atoms with Crippen molar-refractivity contribution in [3.05, 3.63) is 22.4 Å². The Labute approximate surface area is 135 Å². The number of thiophene rings is 1. The lowest BCUT2D eigenvalue weighted by atomic mass is 9.92. The van der Waals surface area contributed by atoms with Gasteiger partial charge in [-0.05, 0) is 56.1 Å². The van der Waals surface area contributed by atoms with Crippen molar-refractivity contribution in [2.45, 2.75) is 25.8 Å². The van der Waals surface area contributed by atoms with Crippen LogP contribution >= 0.6 is 11.3 Å². The smallest absolute Gasteiger partial charge is 0.261 e. The largest absolute Gasteiger partial charge is 0.341 e. The molecule has 0 radical (unpaired) electrons. The minimum atomic E-state index is -0.467. The topological polar surface area (TPSA) is 61.4 Å². The number of rotatable bonds is 3. The number of hydrogen-bond donors (Lipinski definition) is 2. The molecule has 0 aliphatic carbocycles. The van der Waals surface area contributed by atoms with Crippen LogP contribution in [-0.2, 0) is 4.79 Å². The Morgan fingerprint density at radius 1 is 1.32 bits per heavy atom. The molecular weight excluding hydrogens is 298 g/mol. The summed E-state index contributed by atoms with van der Waals surface area (Å²) in [7, 11) is 0. The lowest BCUT2D eigenvalue weighted by Gasteiger charge is -2.25. The monoisotopic (exact) mass is 321 g/mol. The van der Waals surface area contributed by atoms with Gasteiger partial charge in [-0.15, -0.1) is 11.3 Å². The molecule has 6 heteroatoms. The molecule has 0 aromatic carbocycles. The van der Waals surface area contributed by atoms with Gasteiger partial charge in [-0.2, -0.15) is 0 Å². The van der Waals surface area contributed by atoms with Crippen LogP contribution in [0.3, 0.4) is 0 Å². The second kappa shape index (κ2) is 6.79. The third-order valence-electron chi connectivity index (χ3n) is 4.79. The van der Waals surface area contributed by atoms with Crippen LogP contribution in [0.5, 0.6) is 0 Å². The van der Waals surface area contributed by atoms with Crippen LogP contribution < -0.4 is 10.6 Å². The number of nitrogens with one attached hydrogen (secondary N) is 2. The fourth-order valence-electron chi connectivity index (χ4n) is 3.45. The van der Waals surface area contributed by atoms with E-state index in [0.717, 1.165) is 39.0 Å². The lowest BCUT2D eigenvalue weighted by molar-refractivity contribution is -0.132. The molecule has 2 aliphatic rings. The van der Waals surface area contributed by atoms with Crippen molar-refractivity contribution in [1.29, 1.82) is 0 Å². The van der Waals surface area contributed by atoms with E-state index in [0.29, 0.717) is 16.7 Å². The van der Waals surface area contributed by atoms with E-state index in [1.54, 1.807) is 13.0 Å². The fourth-order valence-corrected chi connectivity index (χ4v) is 4.08. The summed E-state index contributed by atoms with van der Waals surface area (Å²) >= 11 is 1.39. The first-order valence-corrected chi connectivity index (χ1v) is 8.87. The summed E-state index contributed by atoms with van der Waals surface area (Å²) in [5.41, 5.74) is 0. The summed E-state index contributed by atoms with van der Waals surface area (Å²) in [4.78, 5) is 27.2. The summed E-state index contributed by atoms with van der Waals surface area (Å²) in [5, 5.41) is 8.12. The summed E-state index contributed by atoms with van der Waals surface area (Å²) in [6.07, 6.45) is 2.13. The number of fused-ring (bicyclic) bond motifs is 1. The molecule has 1 aromatic rings. The van der Waals surface area contributed by atoms with Gasteiger partial charge < -0.3 is 15.5 Å². The molecule has 2 saturated heterocycles. The molecule has 2 amide bonds. The number of amides is 2. The number of carbonyl (C=O) groups is 2. The van der Waals surface area contributed by atoms with Crippen molar-refractivity contribution < 1.29 is 9.59 Å². The molecule has 0 saturated carbocycles. The molecule has 1 unspecified atom stereocenters. The van der Waals surface area contributed by atoms with Crippen LogP contribution in [0.15, 0.2) is 17.5 Å². The molecule has 3 atom stereocenters. The molecule has 3 heterocycles. The normalized spacial score (nSPS) is 26.1. The molecule has 5 nitrogen and oxygen atoms in total. The second-order valence-corrected chi connectivity index (χ2v) is 7.20. The minimum absolute atomic E-state index is 0.0397. The predicted molar refractivity (Wildman–Crippen MR) is 86.9 cm³/mol. The van der Waals surface area contributed by atoms with Crippen molar-refractivity contribution in [3.63, 3.8) is 0 Å². The fraction of sp³-hybridized carbons (Fsp3) is 0.625. The second-order valence-electron chi connectivity index (χ2n) is 6.25. The summed E-state index contributed by atoms with van der Waals surface area (Å²) in [6.45, 7) is 5.55. The van der Waals surface area contributed by atoms with Crippen LogP contribution in [0.1, 0.15) is 29.4 Å². The first-order chi connectivity index (χ1) is 10.6. The molecule has 0 spiro atoms. The van der Waals surface area contributed by atoms with Gasteiger partial charge in [0.15, 0.2) is 0 Å². The minimum Gasteiger partial charge on any atom is -0.341 e. The van der Waals surface area contributed by atoms with Crippen molar-refractivity contribution in [2.24, 2.45) is 11.8 Å². The zero-order valence-electron chi connectivity index (χ0n) is 12.9. The Morgan fingerprint density at radius 2 is 2.00 bits per heavy atom. The molecule has 2 aliphatic heterocycles. The van der Waals surface area contributed by atoms with Crippen LogP contribution in [0.2, 0.25) is 0 Å². The molecule has 22 heavy (non-hydrogen) atoms. The molecule has 120 valence electrons. The summed E-state index contributed by atoms with van der Waals surface area (Å²) < 4.78 is 0. The number of hydrogen-bond acceptors (Lipinski definition) is 4. The van der Waals surface area contributed by atoms with Gasteiger partial charge in [0.25, 0.3) is 5.91 Å². The molecule has 1 aromatic heterocycles. The van der Waals surface area contributed by atoms with E-state index >= 15 is 0 Å². The maximum Gasteiger partial charge on any atom is 0.261 e. The van der Waals surface area contributed by atoms with E-state index < -0.39 is 6.04 Å². The van der Waals surface area contributed by atoms with E-state index in [4.69, 9.17) is 0 Å². The van der Waals surface area contributed by atoms with Crippen molar-refractivity contribution in [3.8, 4) is 0 Å². The van der Waals surface area contributed by atoms with Crippen LogP contribution in [0, 0.1) is 11.8 Å². The van der Waals surface area contributed by atoms with Crippen molar-refractivity contribution in [1.82, 2.24) is 15.5 Å². The maximum absolute atomic E-state index is 12.6. The maximum atomic E-state index is 12.6. The first-order valence-electron chi connectivity index (χ1n) is 7.99. The standard InChI is InChI=1S/C16H23N3O2S/c1-11(18-15(20)14-3-2-8-22-14)16(21)19-6-4-12-9-17-10-13(12)5-7-19/h2-3,8,11-13,17H,4-7,9-10H2,1H3,(H,18,20)/t11?,12-,13+. The van der Waals surface area contributed by atoms with Gasteiger partial charge in [0.05, 0.1) is 4.88 Å². The Morgan fingerprint density at radius 3 is 2.59 bits per heavy atom. The van der Waals surface area contributed by atoms with E-state index in [1.165, 1.54) is 11.3 Å². The zero-order valence-corrected chi connectivity index (χ0v) is 13.7. The quantitative estimate of drug-likeness (QED) is 0.883. The Balaban J connectivity index is 1.55. The molecule has 3 rings (SSSR count). The van der Waals surface area contributed by atoms with Gasteiger partial charge in [0.1, 0.15) is 6.04 Å². The van der Waals surface area contributed by atoms with Crippen LogP contribution in [-0.4, -0.2) is 48.9 Å². The average molecular weight is 321 g/mol. The third kappa shape index (κ3) is 3.33. The van der Waals surface area contributed by atoms with Gasteiger partial charge in [-0.25, -0.2) is 0 Å². The molecule has 2 N–H and O–H groups in total. The third-order valence-corrected chi connectivity index (χ3v) is 5.66. The van der Waals surface area contributed by atoms with Gasteiger partial charge in [-0.3, -0.25) is 9.59 Å². The molecule has 2 fully saturated rings. The number of likely N-dealkylation sites (tertiary alicyclic amines) is 1.